The number of sulfonamides is 1. The lowest BCUT2D eigenvalue weighted by Crippen LogP contribution is -2.30. The molecular weight excluding hydrogens is 475 g/mol. The molecule has 2 aromatic carbocycles. The topological polar surface area (TPSA) is 93.1 Å². The molecular formula is C20H20BrFN4O3S. The first-order chi connectivity index (χ1) is 14.2. The van der Waals surface area contributed by atoms with Crippen LogP contribution in [0.3, 0.4) is 0 Å². The van der Waals surface area contributed by atoms with E-state index < -0.39 is 21.7 Å². The Bertz CT molecular complexity index is 1160. The molecule has 0 aliphatic carbocycles. The molecule has 7 nitrogen and oxygen atoms in total. The number of nitrogens with zero attached hydrogens (tertiary/aromatic N) is 2. The maximum absolute atomic E-state index is 14.3. The summed E-state index contributed by atoms with van der Waals surface area (Å²) in [5.74, 6) is -1.24. The van der Waals surface area contributed by atoms with E-state index in [1.54, 1.807) is 24.6 Å². The van der Waals surface area contributed by atoms with Gasteiger partial charge in [0.05, 0.1) is 23.2 Å². The summed E-state index contributed by atoms with van der Waals surface area (Å²) in [5, 5.41) is 6.78. The fourth-order valence-corrected chi connectivity index (χ4v) is 4.28. The molecule has 0 spiro atoms. The van der Waals surface area contributed by atoms with Crippen LogP contribution in [-0.2, 0) is 16.6 Å². The van der Waals surface area contributed by atoms with Crippen LogP contribution in [0.1, 0.15) is 29.8 Å². The molecule has 2 N–H and O–H groups in total. The van der Waals surface area contributed by atoms with Gasteiger partial charge >= 0.3 is 0 Å². The average molecular weight is 495 g/mol. The van der Waals surface area contributed by atoms with Crippen LogP contribution in [0.2, 0.25) is 0 Å². The minimum Gasteiger partial charge on any atom is -0.307 e. The van der Waals surface area contributed by atoms with Crippen molar-refractivity contribution in [2.24, 2.45) is 0 Å². The zero-order valence-electron chi connectivity index (χ0n) is 16.3. The van der Waals surface area contributed by atoms with Gasteiger partial charge in [-0.25, -0.2) is 22.2 Å². The summed E-state index contributed by atoms with van der Waals surface area (Å²) < 4.78 is 43.9. The smallest absolute Gasteiger partial charge is 0.259 e. The quantitative estimate of drug-likeness (QED) is 0.522. The number of carbonyl (C=O) groups excluding carboxylic acids is 1. The second kappa shape index (κ2) is 9.07. The maximum Gasteiger partial charge on any atom is 0.259 e. The highest BCUT2D eigenvalue weighted by Crippen LogP contribution is 2.19. The van der Waals surface area contributed by atoms with E-state index in [2.05, 4.69) is 31.1 Å². The first kappa shape index (κ1) is 22.1. The van der Waals surface area contributed by atoms with Crippen molar-refractivity contribution in [3.05, 3.63) is 76.1 Å². The van der Waals surface area contributed by atoms with E-state index in [4.69, 9.17) is 0 Å². The molecule has 0 radical (unpaired) electrons. The Labute approximate surface area is 182 Å². The Kier molecular flexibility index (Phi) is 6.69. The van der Waals surface area contributed by atoms with E-state index in [0.717, 1.165) is 28.2 Å². The van der Waals surface area contributed by atoms with Crippen molar-refractivity contribution in [1.82, 2.24) is 14.5 Å². The third-order valence-corrected chi connectivity index (χ3v) is 6.27. The molecule has 0 saturated heterocycles. The van der Waals surface area contributed by atoms with Crippen LogP contribution < -0.4 is 10.0 Å². The largest absolute Gasteiger partial charge is 0.307 e. The second-order valence-electron chi connectivity index (χ2n) is 6.87. The number of rotatable bonds is 7. The SMILES string of the molecule is CC(C)NS(=O)(=O)c1ccc(F)c(C(=O)Nc2ccnn2Cc2ccc(Br)cc2)c1. The van der Waals surface area contributed by atoms with Crippen molar-refractivity contribution in [1.29, 1.82) is 0 Å². The molecule has 1 heterocycles. The van der Waals surface area contributed by atoms with Gasteiger partial charge in [-0.2, -0.15) is 5.10 Å². The van der Waals surface area contributed by atoms with Crippen LogP contribution in [0.15, 0.2) is 64.1 Å². The minimum absolute atomic E-state index is 0.189. The molecule has 0 saturated carbocycles. The maximum atomic E-state index is 14.3. The van der Waals surface area contributed by atoms with Gasteiger partial charge in [-0.15, -0.1) is 0 Å². The van der Waals surface area contributed by atoms with Crippen LogP contribution in [0.5, 0.6) is 0 Å². The molecule has 0 fully saturated rings. The van der Waals surface area contributed by atoms with Crippen molar-refractivity contribution < 1.29 is 17.6 Å². The molecule has 30 heavy (non-hydrogen) atoms. The predicted molar refractivity (Wildman–Crippen MR) is 115 cm³/mol. The summed E-state index contributed by atoms with van der Waals surface area (Å²) in [6.45, 7) is 3.73. The lowest BCUT2D eigenvalue weighted by Gasteiger charge is -2.12. The van der Waals surface area contributed by atoms with Gasteiger partial charge in [0.15, 0.2) is 0 Å². The Morgan fingerprint density at radius 1 is 1.17 bits per heavy atom. The Hall–Kier alpha value is -2.56. The zero-order chi connectivity index (χ0) is 21.9. The van der Waals surface area contributed by atoms with Crippen LogP contribution >= 0.6 is 15.9 Å². The predicted octanol–water partition coefficient (Wildman–Crippen LogP) is 3.77. The van der Waals surface area contributed by atoms with Gasteiger partial charge in [0.1, 0.15) is 11.6 Å². The van der Waals surface area contributed by atoms with Gasteiger partial charge in [0.2, 0.25) is 10.0 Å². The zero-order valence-corrected chi connectivity index (χ0v) is 18.7. The van der Waals surface area contributed by atoms with Crippen molar-refractivity contribution in [3.63, 3.8) is 0 Å². The van der Waals surface area contributed by atoms with Crippen molar-refractivity contribution in [2.75, 3.05) is 5.32 Å². The standard InChI is InChI=1S/C20H20BrFN4O3S/c1-13(2)25-30(28,29)16-7-8-18(22)17(11-16)20(27)24-19-9-10-23-26(19)12-14-3-5-15(21)6-4-14/h3-11,13,25H,12H2,1-2H3,(H,24,27). The molecule has 10 heteroatoms. The van der Waals surface area contributed by atoms with E-state index in [1.165, 1.54) is 6.20 Å². The van der Waals surface area contributed by atoms with Gasteiger partial charge in [0.25, 0.3) is 5.91 Å². The highest BCUT2D eigenvalue weighted by Gasteiger charge is 2.21. The van der Waals surface area contributed by atoms with Gasteiger partial charge in [-0.05, 0) is 49.7 Å². The number of nitrogens with one attached hydrogen (secondary N) is 2. The Morgan fingerprint density at radius 3 is 2.53 bits per heavy atom. The Morgan fingerprint density at radius 2 is 1.87 bits per heavy atom. The summed E-state index contributed by atoms with van der Waals surface area (Å²) in [6, 6.07) is 11.9. The minimum atomic E-state index is -3.86. The molecule has 0 bridgehead atoms. The number of hydrogen-bond donors (Lipinski definition) is 2. The molecule has 158 valence electrons. The highest BCUT2D eigenvalue weighted by molar-refractivity contribution is 9.10. The van der Waals surface area contributed by atoms with Crippen LogP contribution in [-0.4, -0.2) is 30.1 Å². The van der Waals surface area contributed by atoms with E-state index in [0.29, 0.717) is 12.4 Å². The normalized spacial score (nSPS) is 11.6. The molecule has 0 aliphatic heterocycles. The monoisotopic (exact) mass is 494 g/mol. The fraction of sp³-hybridized carbons (Fsp3) is 0.200. The van der Waals surface area contributed by atoms with Crippen LogP contribution in [0.4, 0.5) is 10.2 Å². The summed E-state index contributed by atoms with van der Waals surface area (Å²) in [6.07, 6.45) is 1.51. The van der Waals surface area contributed by atoms with Crippen molar-refractivity contribution >= 4 is 37.7 Å². The third-order valence-electron chi connectivity index (χ3n) is 4.09. The molecule has 0 unspecified atom stereocenters. The summed E-state index contributed by atoms with van der Waals surface area (Å²) in [5.41, 5.74) is 0.578. The molecule has 1 amide bonds. The second-order valence-corrected chi connectivity index (χ2v) is 9.50. The first-order valence-electron chi connectivity index (χ1n) is 9.05. The first-order valence-corrected chi connectivity index (χ1v) is 11.3. The molecule has 3 aromatic rings. The van der Waals surface area contributed by atoms with Crippen LogP contribution in [0.25, 0.3) is 0 Å². The summed E-state index contributed by atoms with van der Waals surface area (Å²) in [7, 11) is -3.86. The number of aromatic nitrogens is 2. The van der Waals surface area contributed by atoms with Gasteiger partial charge in [-0.3, -0.25) is 4.79 Å². The molecule has 1 aromatic heterocycles. The molecule has 0 aliphatic rings. The van der Waals surface area contributed by atoms with Crippen LogP contribution in [0, 0.1) is 5.82 Å². The van der Waals surface area contributed by atoms with E-state index >= 15 is 0 Å². The van der Waals surface area contributed by atoms with Crippen molar-refractivity contribution in [3.8, 4) is 0 Å². The third kappa shape index (κ3) is 5.32. The molecule has 3 rings (SSSR count). The fourth-order valence-electron chi connectivity index (χ4n) is 2.74. The number of anilines is 1. The number of amides is 1. The Balaban J connectivity index is 1.83. The molecule has 0 atom stereocenters. The number of hydrogen-bond acceptors (Lipinski definition) is 4. The van der Waals surface area contributed by atoms with E-state index in [-0.39, 0.29) is 16.5 Å². The van der Waals surface area contributed by atoms with E-state index in [9.17, 15) is 17.6 Å². The lowest BCUT2D eigenvalue weighted by atomic mass is 10.2. The van der Waals surface area contributed by atoms with E-state index in [1.807, 2.05) is 24.3 Å². The lowest BCUT2D eigenvalue weighted by molar-refractivity contribution is 0.102. The average Bonchev–Trinajstić information content (AvgIpc) is 3.09. The van der Waals surface area contributed by atoms with Crippen molar-refractivity contribution in [2.45, 2.75) is 31.3 Å². The summed E-state index contributed by atoms with van der Waals surface area (Å²) >= 11 is 3.37. The van der Waals surface area contributed by atoms with Gasteiger partial charge in [-0.1, -0.05) is 28.1 Å². The number of carbonyl (C=O) groups is 1. The van der Waals surface area contributed by atoms with Gasteiger partial charge < -0.3 is 5.32 Å². The summed E-state index contributed by atoms with van der Waals surface area (Å²) in [4.78, 5) is 12.5. The highest BCUT2D eigenvalue weighted by atomic mass is 79.9. The number of benzene rings is 2. The van der Waals surface area contributed by atoms with Gasteiger partial charge in [0, 0.05) is 16.6 Å². The number of halogens is 2.